The van der Waals surface area contributed by atoms with Gasteiger partial charge < -0.3 is 0 Å². The van der Waals surface area contributed by atoms with Gasteiger partial charge >= 0.3 is 0 Å². The summed E-state index contributed by atoms with van der Waals surface area (Å²) in [5.41, 5.74) is 1.23. The van der Waals surface area contributed by atoms with Crippen molar-refractivity contribution in [3.63, 3.8) is 0 Å². The van der Waals surface area contributed by atoms with Gasteiger partial charge in [-0.3, -0.25) is 0 Å². The van der Waals surface area contributed by atoms with Gasteiger partial charge in [-0.1, -0.05) is 44.9 Å². The first kappa shape index (κ1) is 16.3. The molecular formula is C17H26ClN3. The lowest BCUT2D eigenvalue weighted by Gasteiger charge is -2.28. The summed E-state index contributed by atoms with van der Waals surface area (Å²) in [7, 11) is 0. The molecule has 21 heavy (non-hydrogen) atoms. The van der Waals surface area contributed by atoms with E-state index < -0.39 is 0 Å². The molecule has 0 spiro atoms. The molecule has 0 saturated carbocycles. The minimum absolute atomic E-state index is 0.217. The average Bonchev–Trinajstić information content (AvgIpc) is 2.84. The minimum Gasteiger partial charge on any atom is -0.242 e. The van der Waals surface area contributed by atoms with Crippen LogP contribution in [0.25, 0.3) is 0 Å². The number of halogens is 1. The van der Waals surface area contributed by atoms with Crippen molar-refractivity contribution in [3.8, 4) is 0 Å². The van der Waals surface area contributed by atoms with Crippen LogP contribution < -0.4 is 0 Å². The van der Waals surface area contributed by atoms with Gasteiger partial charge in [-0.05, 0) is 38.3 Å². The molecular weight excluding hydrogens is 282 g/mol. The van der Waals surface area contributed by atoms with E-state index >= 15 is 0 Å². The third-order valence-corrected chi connectivity index (χ3v) is 4.98. The number of nitrogens with zero attached hydrogens (tertiary/aromatic N) is 3. The van der Waals surface area contributed by atoms with Crippen molar-refractivity contribution >= 4 is 11.6 Å². The van der Waals surface area contributed by atoms with Gasteiger partial charge in [0.05, 0.1) is 6.04 Å². The molecule has 0 radical (unpaired) electrons. The van der Waals surface area contributed by atoms with Gasteiger partial charge in [-0.25, -0.2) is 9.67 Å². The fraction of sp³-hybridized carbons (Fsp3) is 0.647. The smallest absolute Gasteiger partial charge is 0.147 e. The molecule has 2 rings (SSSR count). The number of allylic oxidation sites excluding steroid dienone is 4. The first-order chi connectivity index (χ1) is 9.99. The van der Waals surface area contributed by atoms with Gasteiger partial charge in [0.15, 0.2) is 0 Å². The van der Waals surface area contributed by atoms with Crippen LogP contribution in [0.5, 0.6) is 0 Å². The second-order valence-electron chi connectivity index (χ2n) is 6.02. The van der Waals surface area contributed by atoms with Gasteiger partial charge in [0.2, 0.25) is 0 Å². The van der Waals surface area contributed by atoms with Crippen LogP contribution in [0.3, 0.4) is 0 Å². The van der Waals surface area contributed by atoms with E-state index in [0.717, 1.165) is 29.5 Å². The van der Waals surface area contributed by atoms with Crippen LogP contribution in [-0.4, -0.2) is 14.8 Å². The molecule has 0 saturated heterocycles. The summed E-state index contributed by atoms with van der Waals surface area (Å²) in [5.74, 6) is 2.82. The first-order valence-corrected chi connectivity index (χ1v) is 8.34. The molecule has 3 atom stereocenters. The Labute approximate surface area is 133 Å². The second-order valence-corrected chi connectivity index (χ2v) is 6.43. The third kappa shape index (κ3) is 3.23. The molecule has 0 aromatic carbocycles. The highest BCUT2D eigenvalue weighted by Crippen LogP contribution is 2.36. The number of hydrogen-bond donors (Lipinski definition) is 0. The Morgan fingerprint density at radius 1 is 1.33 bits per heavy atom. The fourth-order valence-electron chi connectivity index (χ4n) is 3.06. The Bertz CT molecular complexity index is 556. The molecule has 0 fully saturated rings. The molecule has 1 aromatic rings. The standard InChI is InChI=1S/C17H26ClN3/c1-6-8-14(7-2)17-19-13(5)20-21(17)16-10-9-15(18)11(3)12(16)4/h9-10,12,14,16H,6-8H2,1-5H3. The van der Waals surface area contributed by atoms with E-state index in [-0.39, 0.29) is 6.04 Å². The summed E-state index contributed by atoms with van der Waals surface area (Å²) in [5, 5.41) is 5.54. The summed E-state index contributed by atoms with van der Waals surface area (Å²) >= 11 is 6.25. The molecule has 1 heterocycles. The molecule has 0 amide bonds. The zero-order valence-electron chi connectivity index (χ0n) is 13.7. The number of rotatable bonds is 5. The van der Waals surface area contributed by atoms with E-state index in [1.165, 1.54) is 12.0 Å². The Kier molecular flexibility index (Phi) is 5.26. The monoisotopic (exact) mass is 307 g/mol. The second kappa shape index (κ2) is 6.78. The maximum Gasteiger partial charge on any atom is 0.147 e. The van der Waals surface area contributed by atoms with Gasteiger partial charge in [-0.15, -0.1) is 0 Å². The van der Waals surface area contributed by atoms with Crippen molar-refractivity contribution in [1.29, 1.82) is 0 Å². The fourth-order valence-corrected chi connectivity index (χ4v) is 3.30. The molecule has 1 aromatic heterocycles. The average molecular weight is 308 g/mol. The maximum absolute atomic E-state index is 6.25. The molecule has 3 unspecified atom stereocenters. The summed E-state index contributed by atoms with van der Waals surface area (Å²) in [6, 6.07) is 0.217. The van der Waals surface area contributed by atoms with Crippen molar-refractivity contribution in [1.82, 2.24) is 14.8 Å². The third-order valence-electron chi connectivity index (χ3n) is 4.55. The Morgan fingerprint density at radius 2 is 2.05 bits per heavy atom. The van der Waals surface area contributed by atoms with E-state index in [0.29, 0.717) is 11.8 Å². The van der Waals surface area contributed by atoms with Crippen LogP contribution in [0, 0.1) is 12.8 Å². The van der Waals surface area contributed by atoms with Gasteiger partial charge in [0.1, 0.15) is 11.6 Å². The lowest BCUT2D eigenvalue weighted by Crippen LogP contribution is -2.23. The summed E-state index contributed by atoms with van der Waals surface area (Å²) in [6.45, 7) is 10.8. The van der Waals surface area contributed by atoms with Crippen molar-refractivity contribution in [2.24, 2.45) is 5.92 Å². The van der Waals surface area contributed by atoms with Gasteiger partial charge in [-0.2, -0.15) is 5.10 Å². The molecule has 0 N–H and O–H groups in total. The number of hydrogen-bond acceptors (Lipinski definition) is 2. The summed E-state index contributed by atoms with van der Waals surface area (Å²) in [6.07, 6.45) is 7.60. The van der Waals surface area contributed by atoms with Crippen LogP contribution in [0.2, 0.25) is 0 Å². The first-order valence-electron chi connectivity index (χ1n) is 7.97. The molecule has 116 valence electrons. The lowest BCUT2D eigenvalue weighted by molar-refractivity contribution is 0.391. The minimum atomic E-state index is 0.217. The van der Waals surface area contributed by atoms with Crippen molar-refractivity contribution in [2.45, 2.75) is 65.8 Å². The number of aromatic nitrogens is 3. The maximum atomic E-state index is 6.25. The number of aryl methyl sites for hydroxylation is 1. The summed E-state index contributed by atoms with van der Waals surface area (Å²) in [4.78, 5) is 4.72. The topological polar surface area (TPSA) is 30.7 Å². The van der Waals surface area contributed by atoms with E-state index in [4.69, 9.17) is 16.6 Å². The molecule has 1 aliphatic carbocycles. The molecule has 3 nitrogen and oxygen atoms in total. The normalized spacial score (nSPS) is 23.7. The van der Waals surface area contributed by atoms with E-state index in [9.17, 15) is 0 Å². The van der Waals surface area contributed by atoms with Gasteiger partial charge in [0.25, 0.3) is 0 Å². The summed E-state index contributed by atoms with van der Waals surface area (Å²) < 4.78 is 2.13. The van der Waals surface area contributed by atoms with Crippen molar-refractivity contribution < 1.29 is 0 Å². The predicted octanol–water partition coefficient (Wildman–Crippen LogP) is 5.14. The van der Waals surface area contributed by atoms with Crippen LogP contribution >= 0.6 is 11.6 Å². The highest BCUT2D eigenvalue weighted by Gasteiger charge is 2.28. The molecule has 0 aliphatic heterocycles. The Morgan fingerprint density at radius 3 is 2.67 bits per heavy atom. The van der Waals surface area contributed by atoms with Crippen LogP contribution in [0.1, 0.15) is 70.6 Å². The van der Waals surface area contributed by atoms with Crippen molar-refractivity contribution in [3.05, 3.63) is 34.4 Å². The highest BCUT2D eigenvalue weighted by molar-refractivity contribution is 6.31. The SMILES string of the molecule is CCCC(CC)c1nc(C)nn1C1C=CC(Cl)=C(C)C1C. The molecule has 4 heteroatoms. The van der Waals surface area contributed by atoms with Crippen LogP contribution in [-0.2, 0) is 0 Å². The zero-order valence-corrected chi connectivity index (χ0v) is 14.5. The van der Waals surface area contributed by atoms with Crippen LogP contribution in [0.4, 0.5) is 0 Å². The molecule has 0 bridgehead atoms. The van der Waals surface area contributed by atoms with E-state index in [1.54, 1.807) is 0 Å². The van der Waals surface area contributed by atoms with Crippen molar-refractivity contribution in [2.75, 3.05) is 0 Å². The predicted molar refractivity (Wildman–Crippen MR) is 88.6 cm³/mol. The van der Waals surface area contributed by atoms with E-state index in [2.05, 4.69) is 43.6 Å². The molecule has 1 aliphatic rings. The van der Waals surface area contributed by atoms with Gasteiger partial charge in [0, 0.05) is 16.9 Å². The largest absolute Gasteiger partial charge is 0.242 e. The quantitative estimate of drug-likeness (QED) is 0.754. The Hall–Kier alpha value is -1.09. The van der Waals surface area contributed by atoms with E-state index in [1.807, 2.05) is 13.0 Å². The highest BCUT2D eigenvalue weighted by atomic mass is 35.5. The Balaban J connectivity index is 2.39. The lowest BCUT2D eigenvalue weighted by atomic mass is 9.89. The zero-order chi connectivity index (χ0) is 15.6. The van der Waals surface area contributed by atoms with Crippen LogP contribution in [0.15, 0.2) is 22.8 Å².